The minimum absolute atomic E-state index is 0.265. The summed E-state index contributed by atoms with van der Waals surface area (Å²) in [6, 6.07) is 8.77. The van der Waals surface area contributed by atoms with Crippen LogP contribution in [0.5, 0.6) is 0 Å². The fraction of sp³-hybridized carbons (Fsp3) is 0.364. The van der Waals surface area contributed by atoms with E-state index in [1.54, 1.807) is 13.3 Å². The number of nitrogens with zero attached hydrogens (tertiary/aromatic N) is 5. The predicted octanol–water partition coefficient (Wildman–Crippen LogP) is 4.74. The van der Waals surface area contributed by atoms with Gasteiger partial charge >= 0.3 is 6.18 Å². The SMILES string of the molecule is CC(Br)c1nc(C(F)(F)F)cc2c(-c3cccc(C4(Cc5nncn5C)COC4)c3)n[nH]c12. The van der Waals surface area contributed by atoms with Gasteiger partial charge < -0.3 is 9.30 Å². The average molecular weight is 521 g/mol. The number of alkyl halides is 4. The van der Waals surface area contributed by atoms with Crippen molar-refractivity contribution in [3.63, 3.8) is 0 Å². The molecule has 1 atom stereocenters. The lowest BCUT2D eigenvalue weighted by atomic mass is 9.75. The molecule has 5 rings (SSSR count). The number of benzene rings is 1. The first-order valence-electron chi connectivity index (χ1n) is 10.3. The number of halogens is 4. The van der Waals surface area contributed by atoms with Gasteiger partial charge in [0, 0.05) is 29.8 Å². The van der Waals surface area contributed by atoms with Gasteiger partial charge in [-0.15, -0.1) is 10.2 Å². The molecule has 1 saturated heterocycles. The molecule has 0 aliphatic carbocycles. The number of rotatable bonds is 5. The van der Waals surface area contributed by atoms with Gasteiger partial charge in [0.05, 0.1) is 29.3 Å². The van der Waals surface area contributed by atoms with E-state index in [2.05, 4.69) is 41.3 Å². The molecule has 0 saturated carbocycles. The number of H-pyrrole nitrogens is 1. The molecule has 1 aromatic carbocycles. The van der Waals surface area contributed by atoms with Crippen molar-refractivity contribution in [1.29, 1.82) is 0 Å². The highest BCUT2D eigenvalue weighted by Crippen LogP contribution is 2.40. The zero-order valence-corrected chi connectivity index (χ0v) is 19.4. The Morgan fingerprint density at radius 3 is 2.67 bits per heavy atom. The second-order valence-corrected chi connectivity index (χ2v) is 9.76. The summed E-state index contributed by atoms with van der Waals surface area (Å²) in [5.74, 6) is 0.839. The molecule has 1 aliphatic heterocycles. The summed E-state index contributed by atoms with van der Waals surface area (Å²) in [5, 5.41) is 15.8. The van der Waals surface area contributed by atoms with Gasteiger partial charge in [-0.2, -0.15) is 18.3 Å². The van der Waals surface area contributed by atoms with E-state index in [9.17, 15) is 13.2 Å². The largest absolute Gasteiger partial charge is 0.433 e. The molecule has 1 aliphatic rings. The molecule has 4 heterocycles. The molecule has 3 aromatic heterocycles. The van der Waals surface area contributed by atoms with Crippen molar-refractivity contribution in [2.75, 3.05) is 13.2 Å². The first-order chi connectivity index (χ1) is 15.7. The Morgan fingerprint density at radius 1 is 1.27 bits per heavy atom. The highest BCUT2D eigenvalue weighted by molar-refractivity contribution is 9.09. The highest BCUT2D eigenvalue weighted by Gasteiger charge is 2.42. The number of hydrogen-bond donors (Lipinski definition) is 1. The first kappa shape index (κ1) is 22.0. The summed E-state index contributed by atoms with van der Waals surface area (Å²) >= 11 is 3.35. The minimum atomic E-state index is -4.56. The van der Waals surface area contributed by atoms with Gasteiger partial charge in [-0.05, 0) is 24.6 Å². The molecule has 4 aromatic rings. The number of ether oxygens (including phenoxy) is 1. The molecule has 0 amide bonds. The van der Waals surface area contributed by atoms with E-state index < -0.39 is 11.9 Å². The molecular weight excluding hydrogens is 501 g/mol. The van der Waals surface area contributed by atoms with Crippen LogP contribution >= 0.6 is 15.9 Å². The number of aromatic amines is 1. The third kappa shape index (κ3) is 3.82. The van der Waals surface area contributed by atoms with E-state index >= 15 is 0 Å². The average Bonchev–Trinajstić information content (AvgIpc) is 3.35. The van der Waals surface area contributed by atoms with Crippen molar-refractivity contribution in [2.45, 2.75) is 29.8 Å². The van der Waals surface area contributed by atoms with Gasteiger partial charge in [0.1, 0.15) is 23.5 Å². The Balaban J connectivity index is 1.61. The second-order valence-electron chi connectivity index (χ2n) is 8.39. The van der Waals surface area contributed by atoms with Gasteiger partial charge in [0.2, 0.25) is 0 Å². The molecule has 0 bridgehead atoms. The lowest BCUT2D eigenvalue weighted by molar-refractivity contribution is -0.141. The van der Waals surface area contributed by atoms with Crippen molar-refractivity contribution < 1.29 is 17.9 Å². The quantitative estimate of drug-likeness (QED) is 0.384. The number of pyridine rings is 1. The first-order valence-corrected chi connectivity index (χ1v) is 11.2. The number of fused-ring (bicyclic) bond motifs is 1. The Morgan fingerprint density at radius 2 is 2.06 bits per heavy atom. The molecule has 0 radical (unpaired) electrons. The van der Waals surface area contributed by atoms with Crippen LogP contribution in [0.2, 0.25) is 0 Å². The van der Waals surface area contributed by atoms with Gasteiger partial charge in [-0.25, -0.2) is 4.98 Å². The van der Waals surface area contributed by atoms with Crippen molar-refractivity contribution in [3.05, 3.63) is 59.4 Å². The van der Waals surface area contributed by atoms with E-state index in [1.807, 2.05) is 35.9 Å². The topological polar surface area (TPSA) is 81.5 Å². The maximum atomic E-state index is 13.6. The van der Waals surface area contributed by atoms with E-state index in [4.69, 9.17) is 4.74 Å². The monoisotopic (exact) mass is 520 g/mol. The van der Waals surface area contributed by atoms with Crippen molar-refractivity contribution in [3.8, 4) is 11.3 Å². The zero-order chi connectivity index (χ0) is 23.4. The van der Waals surface area contributed by atoms with Crippen LogP contribution in [0.15, 0.2) is 36.7 Å². The van der Waals surface area contributed by atoms with Crippen LogP contribution in [0.25, 0.3) is 22.2 Å². The third-order valence-corrected chi connectivity index (χ3v) is 6.49. The van der Waals surface area contributed by atoms with Gasteiger partial charge in [-0.1, -0.05) is 34.1 Å². The maximum absolute atomic E-state index is 13.6. The molecule has 1 fully saturated rings. The molecule has 11 heteroatoms. The molecular formula is C22H20BrF3N6O. The Kier molecular flexibility index (Phi) is 5.28. The molecule has 0 spiro atoms. The van der Waals surface area contributed by atoms with Crippen LogP contribution in [-0.4, -0.2) is 43.2 Å². The Labute approximate surface area is 195 Å². The van der Waals surface area contributed by atoms with Gasteiger partial charge in [-0.3, -0.25) is 5.10 Å². The van der Waals surface area contributed by atoms with Gasteiger partial charge in [0.25, 0.3) is 0 Å². The smallest absolute Gasteiger partial charge is 0.379 e. The van der Waals surface area contributed by atoms with Crippen molar-refractivity contribution in [1.82, 2.24) is 29.9 Å². The van der Waals surface area contributed by atoms with Crippen LogP contribution in [0.1, 0.15) is 34.5 Å². The van der Waals surface area contributed by atoms with Gasteiger partial charge in [0.15, 0.2) is 0 Å². The molecule has 172 valence electrons. The van der Waals surface area contributed by atoms with E-state index in [-0.39, 0.29) is 15.9 Å². The zero-order valence-electron chi connectivity index (χ0n) is 17.8. The summed E-state index contributed by atoms with van der Waals surface area (Å²) in [6.45, 7) is 2.78. The van der Waals surface area contributed by atoms with Crippen molar-refractivity contribution >= 4 is 26.8 Å². The summed E-state index contributed by atoms with van der Waals surface area (Å²) in [5.41, 5.74) is 1.70. The molecule has 7 nitrogen and oxygen atoms in total. The summed E-state index contributed by atoms with van der Waals surface area (Å²) in [6.07, 6.45) is -2.27. The number of hydrogen-bond acceptors (Lipinski definition) is 5. The third-order valence-electron chi connectivity index (χ3n) is 6.06. The molecule has 1 unspecified atom stereocenters. The fourth-order valence-corrected chi connectivity index (χ4v) is 4.51. The number of nitrogens with one attached hydrogen (secondary N) is 1. The van der Waals surface area contributed by atoms with Crippen LogP contribution in [0.3, 0.4) is 0 Å². The summed E-state index contributed by atoms with van der Waals surface area (Å²) in [4.78, 5) is 3.45. The highest BCUT2D eigenvalue weighted by atomic mass is 79.9. The second kappa shape index (κ2) is 7.91. The van der Waals surface area contributed by atoms with E-state index in [0.29, 0.717) is 36.2 Å². The molecule has 33 heavy (non-hydrogen) atoms. The number of aromatic nitrogens is 6. The Bertz CT molecular complexity index is 1330. The van der Waals surface area contributed by atoms with Crippen LogP contribution in [0, 0.1) is 0 Å². The Hall–Kier alpha value is -2.79. The number of aryl methyl sites for hydroxylation is 1. The van der Waals surface area contributed by atoms with Crippen LogP contribution in [0.4, 0.5) is 13.2 Å². The summed E-state index contributed by atoms with van der Waals surface area (Å²) in [7, 11) is 1.89. The maximum Gasteiger partial charge on any atom is 0.433 e. The predicted molar refractivity (Wildman–Crippen MR) is 119 cm³/mol. The van der Waals surface area contributed by atoms with Crippen LogP contribution < -0.4 is 0 Å². The lowest BCUT2D eigenvalue weighted by Gasteiger charge is -2.41. The normalized spacial score (nSPS) is 16.7. The van der Waals surface area contributed by atoms with E-state index in [0.717, 1.165) is 23.0 Å². The van der Waals surface area contributed by atoms with Crippen LogP contribution in [-0.2, 0) is 29.8 Å². The van der Waals surface area contributed by atoms with E-state index in [1.165, 1.54) is 0 Å². The molecule has 1 N–H and O–H groups in total. The summed E-state index contributed by atoms with van der Waals surface area (Å²) < 4.78 is 48.1. The standard InChI is InChI=1S/C22H20BrF3N6O/c1-12(23)18-20-15(7-16(28-18)22(24,25)26)19(30-31-20)13-4-3-5-14(6-13)21(9-33-10-21)8-17-29-27-11-32(17)2/h3-7,11-12H,8-10H2,1-2H3,(H,30,31). The minimum Gasteiger partial charge on any atom is -0.379 e. The van der Waals surface area contributed by atoms with Crippen molar-refractivity contribution in [2.24, 2.45) is 7.05 Å². The fourth-order valence-electron chi connectivity index (χ4n) is 4.18. The lowest BCUT2D eigenvalue weighted by Crippen LogP contribution is -2.49.